The minimum atomic E-state index is -0.575. The predicted octanol–water partition coefficient (Wildman–Crippen LogP) is 2.77. The second-order valence-corrected chi connectivity index (χ2v) is 7.12. The molecule has 1 unspecified atom stereocenters. The number of carbonyl (C=O) groups is 3. The fourth-order valence-electron chi connectivity index (χ4n) is 3.35. The second-order valence-electron chi connectivity index (χ2n) is 7.12. The van der Waals surface area contributed by atoms with Crippen LogP contribution in [0, 0.1) is 19.7 Å². The Morgan fingerprint density at radius 3 is 2.40 bits per heavy atom. The first-order valence-corrected chi connectivity index (χ1v) is 9.76. The Kier molecular flexibility index (Phi) is 7.88. The second kappa shape index (κ2) is 10.2. The van der Waals surface area contributed by atoms with Crippen molar-refractivity contribution in [1.82, 2.24) is 15.2 Å². The molecule has 2 aromatic rings. The van der Waals surface area contributed by atoms with Crippen molar-refractivity contribution in [3.63, 3.8) is 0 Å². The van der Waals surface area contributed by atoms with Crippen LogP contribution in [0.4, 0.5) is 4.39 Å². The zero-order valence-corrected chi connectivity index (χ0v) is 18.0. The maximum absolute atomic E-state index is 13.0. The Balaban J connectivity index is 2.05. The van der Waals surface area contributed by atoms with Gasteiger partial charge in [0, 0.05) is 12.2 Å². The number of aromatic amines is 1. The van der Waals surface area contributed by atoms with Gasteiger partial charge in [0.05, 0.1) is 31.0 Å². The summed E-state index contributed by atoms with van der Waals surface area (Å²) in [7, 11) is 1.29. The fourth-order valence-corrected chi connectivity index (χ4v) is 3.35. The van der Waals surface area contributed by atoms with Crippen LogP contribution in [0.25, 0.3) is 0 Å². The van der Waals surface area contributed by atoms with Gasteiger partial charge in [-0.3, -0.25) is 14.5 Å². The Bertz CT molecular complexity index is 921. The lowest BCUT2D eigenvalue weighted by Gasteiger charge is -2.26. The number of nitrogens with one attached hydrogen (secondary N) is 2. The molecule has 0 fully saturated rings. The van der Waals surface area contributed by atoms with Crippen molar-refractivity contribution in [2.45, 2.75) is 40.3 Å². The molecule has 0 spiro atoms. The number of rotatable bonds is 9. The van der Waals surface area contributed by atoms with E-state index >= 15 is 0 Å². The molecule has 7 nitrogen and oxygen atoms in total. The van der Waals surface area contributed by atoms with Gasteiger partial charge in [0.2, 0.25) is 5.91 Å². The SMILES string of the molecule is CCN(CC(=O)NCc1ccc(F)cc1)C(C)C(=O)c1[nH]c(C)c(C(=O)OC)c1C. The highest BCUT2D eigenvalue weighted by Crippen LogP contribution is 2.21. The topological polar surface area (TPSA) is 91.5 Å². The van der Waals surface area contributed by atoms with Crippen LogP contribution < -0.4 is 5.32 Å². The van der Waals surface area contributed by atoms with Gasteiger partial charge in [-0.05, 0) is 50.6 Å². The van der Waals surface area contributed by atoms with Gasteiger partial charge in [-0.15, -0.1) is 0 Å². The number of ether oxygens (including phenoxy) is 1. The number of aryl methyl sites for hydroxylation is 1. The summed E-state index contributed by atoms with van der Waals surface area (Å²) >= 11 is 0. The van der Waals surface area contributed by atoms with Crippen molar-refractivity contribution < 1.29 is 23.5 Å². The first-order valence-electron chi connectivity index (χ1n) is 9.76. The largest absolute Gasteiger partial charge is 0.465 e. The van der Waals surface area contributed by atoms with E-state index in [1.165, 1.54) is 19.2 Å². The van der Waals surface area contributed by atoms with E-state index in [0.29, 0.717) is 29.1 Å². The molecule has 0 aliphatic heterocycles. The van der Waals surface area contributed by atoms with Gasteiger partial charge in [-0.25, -0.2) is 9.18 Å². The van der Waals surface area contributed by atoms with Crippen molar-refractivity contribution in [3.05, 3.63) is 58.2 Å². The van der Waals surface area contributed by atoms with E-state index in [2.05, 4.69) is 10.3 Å². The van der Waals surface area contributed by atoms with Crippen LogP contribution in [-0.2, 0) is 16.1 Å². The van der Waals surface area contributed by atoms with Gasteiger partial charge >= 0.3 is 5.97 Å². The summed E-state index contributed by atoms with van der Waals surface area (Å²) in [6.07, 6.45) is 0. The minimum absolute atomic E-state index is 0.0349. The fraction of sp³-hybridized carbons (Fsp3) is 0.409. The van der Waals surface area contributed by atoms with Crippen molar-refractivity contribution >= 4 is 17.7 Å². The first kappa shape index (κ1) is 23.3. The molecular formula is C22H28FN3O4. The van der Waals surface area contributed by atoms with E-state index in [-0.39, 0.29) is 30.6 Å². The number of hydrogen-bond donors (Lipinski definition) is 2. The number of carbonyl (C=O) groups excluding carboxylic acids is 3. The molecule has 1 aromatic carbocycles. The van der Waals surface area contributed by atoms with Gasteiger partial charge in [0.25, 0.3) is 0 Å². The van der Waals surface area contributed by atoms with E-state index in [0.717, 1.165) is 5.56 Å². The Labute approximate surface area is 175 Å². The number of methoxy groups -OCH3 is 1. The number of aromatic nitrogens is 1. The van der Waals surface area contributed by atoms with Gasteiger partial charge in [-0.1, -0.05) is 19.1 Å². The number of ketones is 1. The Morgan fingerprint density at radius 2 is 1.83 bits per heavy atom. The molecule has 30 heavy (non-hydrogen) atoms. The average Bonchev–Trinajstić information content (AvgIpc) is 3.03. The van der Waals surface area contributed by atoms with Gasteiger partial charge in [0.1, 0.15) is 5.82 Å². The summed E-state index contributed by atoms with van der Waals surface area (Å²) in [5.41, 5.74) is 2.58. The number of likely N-dealkylation sites (N-methyl/N-ethyl adjacent to an activating group) is 1. The molecule has 8 heteroatoms. The lowest BCUT2D eigenvalue weighted by Crippen LogP contribution is -2.45. The number of esters is 1. The van der Waals surface area contributed by atoms with Crippen LogP contribution >= 0.6 is 0 Å². The summed E-state index contributed by atoms with van der Waals surface area (Å²) in [6.45, 7) is 7.79. The molecule has 0 radical (unpaired) electrons. The highest BCUT2D eigenvalue weighted by atomic mass is 19.1. The highest BCUT2D eigenvalue weighted by molar-refractivity contribution is 6.04. The number of nitrogens with zero attached hydrogens (tertiary/aromatic N) is 1. The molecular weight excluding hydrogens is 389 g/mol. The normalized spacial score (nSPS) is 12.0. The summed E-state index contributed by atoms with van der Waals surface area (Å²) in [5, 5.41) is 2.78. The summed E-state index contributed by atoms with van der Waals surface area (Å²) in [6, 6.07) is 5.31. The Morgan fingerprint density at radius 1 is 1.20 bits per heavy atom. The quantitative estimate of drug-likeness (QED) is 0.484. The smallest absolute Gasteiger partial charge is 0.339 e. The molecule has 1 amide bonds. The number of benzene rings is 1. The number of Topliss-reactive ketones (excluding diaryl/α,β-unsaturated/α-hetero) is 1. The molecule has 2 N–H and O–H groups in total. The molecule has 0 saturated carbocycles. The highest BCUT2D eigenvalue weighted by Gasteiger charge is 2.28. The van der Waals surface area contributed by atoms with Crippen molar-refractivity contribution in [2.75, 3.05) is 20.2 Å². The van der Waals surface area contributed by atoms with E-state index < -0.39 is 12.0 Å². The van der Waals surface area contributed by atoms with Crippen LogP contribution in [-0.4, -0.2) is 53.8 Å². The van der Waals surface area contributed by atoms with Crippen LogP contribution in [0.2, 0.25) is 0 Å². The van der Waals surface area contributed by atoms with Crippen LogP contribution in [0.1, 0.15) is 51.5 Å². The van der Waals surface area contributed by atoms with E-state index in [1.54, 1.807) is 37.8 Å². The molecule has 1 aromatic heterocycles. The number of hydrogen-bond acceptors (Lipinski definition) is 5. The van der Waals surface area contributed by atoms with Crippen molar-refractivity contribution in [1.29, 1.82) is 0 Å². The molecule has 0 aliphatic rings. The monoisotopic (exact) mass is 417 g/mol. The third-order valence-corrected chi connectivity index (χ3v) is 5.16. The van der Waals surface area contributed by atoms with E-state index in [1.807, 2.05) is 6.92 Å². The number of amides is 1. The molecule has 2 rings (SSSR count). The third kappa shape index (κ3) is 5.33. The third-order valence-electron chi connectivity index (χ3n) is 5.16. The minimum Gasteiger partial charge on any atom is -0.465 e. The van der Waals surface area contributed by atoms with E-state index in [4.69, 9.17) is 4.74 Å². The maximum atomic E-state index is 13.0. The number of halogens is 1. The van der Waals surface area contributed by atoms with Gasteiger partial charge in [0.15, 0.2) is 5.78 Å². The Hall–Kier alpha value is -3.00. The van der Waals surface area contributed by atoms with Gasteiger partial charge < -0.3 is 15.0 Å². The molecule has 0 aliphatic carbocycles. The van der Waals surface area contributed by atoms with Gasteiger partial charge in [-0.2, -0.15) is 0 Å². The molecule has 0 bridgehead atoms. The van der Waals surface area contributed by atoms with Crippen LogP contribution in [0.15, 0.2) is 24.3 Å². The molecule has 162 valence electrons. The summed E-state index contributed by atoms with van der Waals surface area (Å²) in [5.74, 6) is -1.28. The average molecular weight is 417 g/mol. The van der Waals surface area contributed by atoms with E-state index in [9.17, 15) is 18.8 Å². The van der Waals surface area contributed by atoms with Crippen molar-refractivity contribution in [3.8, 4) is 0 Å². The first-order chi connectivity index (χ1) is 14.2. The lowest BCUT2D eigenvalue weighted by atomic mass is 10.0. The van der Waals surface area contributed by atoms with Crippen LogP contribution in [0.5, 0.6) is 0 Å². The zero-order valence-electron chi connectivity index (χ0n) is 18.0. The molecule has 0 saturated heterocycles. The lowest BCUT2D eigenvalue weighted by molar-refractivity contribution is -0.122. The maximum Gasteiger partial charge on any atom is 0.339 e. The zero-order chi connectivity index (χ0) is 22.4. The summed E-state index contributed by atoms with van der Waals surface area (Å²) < 4.78 is 17.8. The number of H-pyrrole nitrogens is 1. The van der Waals surface area contributed by atoms with Crippen LogP contribution in [0.3, 0.4) is 0 Å². The standard InChI is InChI=1S/C22H28FN3O4/c1-6-26(12-18(27)24-11-16-7-9-17(23)10-8-16)15(4)21(28)20-13(2)19(14(3)25-20)22(29)30-5/h7-10,15,25H,6,11-12H2,1-5H3,(H,24,27). The summed E-state index contributed by atoms with van der Waals surface area (Å²) in [4.78, 5) is 42.1. The van der Waals surface area contributed by atoms with Crippen molar-refractivity contribution in [2.24, 2.45) is 0 Å². The molecule has 1 heterocycles. The predicted molar refractivity (Wildman–Crippen MR) is 111 cm³/mol. The molecule has 1 atom stereocenters.